The maximum Gasteiger partial charge on any atom is 0.323 e. The number of nitrogens with zero attached hydrogens (tertiary/aromatic N) is 3. The predicted octanol–water partition coefficient (Wildman–Crippen LogP) is 0.757. The zero-order valence-corrected chi connectivity index (χ0v) is 11.1. The highest BCUT2D eigenvalue weighted by Gasteiger charge is 2.28. The van der Waals surface area contributed by atoms with Crippen molar-refractivity contribution in [3.05, 3.63) is 27.9 Å². The smallest absolute Gasteiger partial charge is 0.323 e. The average molecular weight is 266 g/mol. The van der Waals surface area contributed by atoms with E-state index in [1.165, 1.54) is 16.7 Å². The van der Waals surface area contributed by atoms with E-state index >= 15 is 0 Å². The number of aromatic nitrogens is 1. The Bertz CT molecular complexity index is 491. The van der Waals surface area contributed by atoms with Gasteiger partial charge in [0.25, 0.3) is 5.91 Å². The van der Waals surface area contributed by atoms with E-state index in [-0.39, 0.29) is 17.8 Å². The van der Waals surface area contributed by atoms with Crippen LogP contribution in [-0.2, 0) is 7.05 Å². The van der Waals surface area contributed by atoms with Crippen LogP contribution in [0.3, 0.4) is 0 Å². The van der Waals surface area contributed by atoms with Crippen LogP contribution in [0.25, 0.3) is 0 Å². The van der Waals surface area contributed by atoms with Crippen LogP contribution in [0, 0.1) is 10.1 Å². The van der Waals surface area contributed by atoms with E-state index in [0.29, 0.717) is 5.69 Å². The molecule has 1 fully saturated rings. The molecule has 0 radical (unpaired) electrons. The maximum absolute atomic E-state index is 12.4. The monoisotopic (exact) mass is 266 g/mol. The van der Waals surface area contributed by atoms with Crippen molar-refractivity contribution in [2.24, 2.45) is 7.05 Å². The molecular weight excluding hydrogens is 248 g/mol. The third-order valence-corrected chi connectivity index (χ3v) is 3.68. The van der Waals surface area contributed by atoms with Gasteiger partial charge in [0, 0.05) is 19.2 Å². The van der Waals surface area contributed by atoms with Crippen LogP contribution in [0.15, 0.2) is 12.1 Å². The Labute approximate surface area is 111 Å². The molecule has 1 N–H and O–H groups in total. The third kappa shape index (κ3) is 2.60. The molecule has 2 rings (SSSR count). The fourth-order valence-corrected chi connectivity index (χ4v) is 2.44. The lowest BCUT2D eigenvalue weighted by Gasteiger charge is -2.31. The Morgan fingerprint density at radius 2 is 2.11 bits per heavy atom. The molecule has 0 saturated carbocycles. The van der Waals surface area contributed by atoms with Gasteiger partial charge in [0.15, 0.2) is 5.69 Å². The summed E-state index contributed by atoms with van der Waals surface area (Å²) in [4.78, 5) is 24.4. The van der Waals surface area contributed by atoms with E-state index in [1.807, 2.05) is 0 Å². The minimum Gasteiger partial charge on any atom is -0.358 e. The lowest BCUT2D eigenvalue weighted by Crippen LogP contribution is -2.44. The number of carbonyl (C=O) groups excluding carboxylic acids is 1. The molecule has 1 amide bonds. The highest BCUT2D eigenvalue weighted by Crippen LogP contribution is 2.19. The second-order valence-corrected chi connectivity index (χ2v) is 4.79. The molecule has 0 aromatic carbocycles. The van der Waals surface area contributed by atoms with E-state index in [1.54, 1.807) is 19.0 Å². The Morgan fingerprint density at radius 3 is 2.63 bits per heavy atom. The molecule has 0 atom stereocenters. The van der Waals surface area contributed by atoms with Crippen molar-refractivity contribution in [1.82, 2.24) is 14.8 Å². The molecule has 0 spiro atoms. The van der Waals surface area contributed by atoms with Crippen molar-refractivity contribution in [1.29, 1.82) is 0 Å². The van der Waals surface area contributed by atoms with E-state index in [9.17, 15) is 14.9 Å². The number of nitrogens with one attached hydrogen (secondary N) is 1. The summed E-state index contributed by atoms with van der Waals surface area (Å²) in [5.74, 6) is -0.232. The maximum atomic E-state index is 12.4. The second kappa shape index (κ2) is 5.40. The Kier molecular flexibility index (Phi) is 3.84. The van der Waals surface area contributed by atoms with Crippen LogP contribution in [-0.4, -0.2) is 46.5 Å². The normalized spacial score (nSPS) is 16.3. The highest BCUT2D eigenvalue weighted by atomic mass is 16.6. The first-order valence-electron chi connectivity index (χ1n) is 6.30. The minimum absolute atomic E-state index is 0.0675. The van der Waals surface area contributed by atoms with Gasteiger partial charge in [0.1, 0.15) is 0 Å². The zero-order chi connectivity index (χ0) is 14.0. The summed E-state index contributed by atoms with van der Waals surface area (Å²) in [7, 11) is 3.30. The minimum atomic E-state index is -0.485. The van der Waals surface area contributed by atoms with Crippen LogP contribution in [0.1, 0.15) is 23.3 Å². The molecule has 1 aromatic heterocycles. The number of hydrogen-bond donors (Lipinski definition) is 1. The predicted molar refractivity (Wildman–Crippen MR) is 70.1 cm³/mol. The standard InChI is InChI=1S/C12H18N4O3/c1-14(9-5-7-13-8-6-9)12(17)10-3-4-11(15(10)2)16(18)19/h3-4,9,13H,5-8H2,1-2H3. The molecule has 0 unspecified atom stereocenters. The van der Waals surface area contributed by atoms with E-state index in [0.717, 1.165) is 25.9 Å². The molecule has 7 heteroatoms. The number of rotatable bonds is 3. The van der Waals surface area contributed by atoms with Gasteiger partial charge < -0.3 is 20.3 Å². The molecule has 1 aromatic rings. The first-order chi connectivity index (χ1) is 9.02. The van der Waals surface area contributed by atoms with Crippen LogP contribution in [0.4, 0.5) is 5.82 Å². The summed E-state index contributed by atoms with van der Waals surface area (Å²) in [5, 5.41) is 14.0. The van der Waals surface area contributed by atoms with Gasteiger partial charge in [-0.25, -0.2) is 4.57 Å². The van der Waals surface area contributed by atoms with Crippen molar-refractivity contribution in [3.8, 4) is 0 Å². The first kappa shape index (κ1) is 13.5. The molecule has 0 bridgehead atoms. The SMILES string of the molecule is CN(C(=O)c1ccc([N+](=O)[O-])n1C)C1CCNCC1. The summed E-state index contributed by atoms with van der Waals surface area (Å²) >= 11 is 0. The van der Waals surface area contributed by atoms with Gasteiger partial charge in [-0.2, -0.15) is 0 Å². The van der Waals surface area contributed by atoms with Gasteiger partial charge in [-0.3, -0.25) is 4.79 Å². The molecular formula is C12H18N4O3. The third-order valence-electron chi connectivity index (χ3n) is 3.68. The number of hydrogen-bond acceptors (Lipinski definition) is 4. The summed E-state index contributed by atoms with van der Waals surface area (Å²) in [6.45, 7) is 1.80. The molecule has 1 aliphatic heterocycles. The number of carbonyl (C=O) groups is 1. The Hall–Kier alpha value is -1.89. The topological polar surface area (TPSA) is 80.4 Å². The Morgan fingerprint density at radius 1 is 1.47 bits per heavy atom. The zero-order valence-electron chi connectivity index (χ0n) is 11.1. The van der Waals surface area contributed by atoms with Crippen LogP contribution < -0.4 is 5.32 Å². The molecule has 1 saturated heterocycles. The van der Waals surface area contributed by atoms with Crippen LogP contribution in [0.5, 0.6) is 0 Å². The van der Waals surface area contributed by atoms with Gasteiger partial charge in [-0.1, -0.05) is 0 Å². The van der Waals surface area contributed by atoms with Crippen molar-refractivity contribution in [2.75, 3.05) is 20.1 Å². The molecule has 7 nitrogen and oxygen atoms in total. The van der Waals surface area contributed by atoms with Crippen molar-refractivity contribution in [3.63, 3.8) is 0 Å². The van der Waals surface area contributed by atoms with Gasteiger partial charge in [-0.05, 0) is 36.9 Å². The lowest BCUT2D eigenvalue weighted by molar-refractivity contribution is -0.391. The van der Waals surface area contributed by atoms with Crippen molar-refractivity contribution >= 4 is 11.7 Å². The average Bonchev–Trinajstić information content (AvgIpc) is 2.80. The largest absolute Gasteiger partial charge is 0.358 e. The quantitative estimate of drug-likeness (QED) is 0.647. The van der Waals surface area contributed by atoms with Gasteiger partial charge in [0.05, 0.1) is 7.05 Å². The number of piperidine rings is 1. The Balaban J connectivity index is 2.16. The van der Waals surface area contributed by atoms with Crippen molar-refractivity contribution in [2.45, 2.75) is 18.9 Å². The molecule has 1 aliphatic rings. The van der Waals surface area contributed by atoms with Gasteiger partial charge >= 0.3 is 5.82 Å². The highest BCUT2D eigenvalue weighted by molar-refractivity contribution is 5.93. The molecule has 19 heavy (non-hydrogen) atoms. The summed E-state index contributed by atoms with van der Waals surface area (Å²) in [6, 6.07) is 3.07. The van der Waals surface area contributed by atoms with Gasteiger partial charge in [0.2, 0.25) is 0 Å². The summed E-state index contributed by atoms with van der Waals surface area (Å²) in [5.41, 5.74) is 0.354. The summed E-state index contributed by atoms with van der Waals surface area (Å²) in [6.07, 6.45) is 1.82. The van der Waals surface area contributed by atoms with E-state index in [2.05, 4.69) is 5.32 Å². The van der Waals surface area contributed by atoms with E-state index < -0.39 is 4.92 Å². The fourth-order valence-electron chi connectivity index (χ4n) is 2.44. The summed E-state index contributed by atoms with van der Waals surface area (Å²) < 4.78 is 1.33. The molecule has 0 aliphatic carbocycles. The van der Waals surface area contributed by atoms with Crippen LogP contribution >= 0.6 is 0 Å². The van der Waals surface area contributed by atoms with Crippen molar-refractivity contribution < 1.29 is 9.72 Å². The molecule has 104 valence electrons. The fraction of sp³-hybridized carbons (Fsp3) is 0.583. The number of amides is 1. The number of nitro groups is 1. The van der Waals surface area contributed by atoms with E-state index in [4.69, 9.17) is 0 Å². The van der Waals surface area contributed by atoms with Gasteiger partial charge in [-0.15, -0.1) is 0 Å². The first-order valence-corrected chi connectivity index (χ1v) is 6.30. The second-order valence-electron chi connectivity index (χ2n) is 4.79. The van der Waals surface area contributed by atoms with Crippen LogP contribution in [0.2, 0.25) is 0 Å². The lowest BCUT2D eigenvalue weighted by atomic mass is 10.1. The molecule has 2 heterocycles.